The molecule has 81 valence electrons. The van der Waals surface area contributed by atoms with E-state index in [0.29, 0.717) is 12.2 Å². The van der Waals surface area contributed by atoms with Gasteiger partial charge in [0.2, 0.25) is 0 Å². The smallest absolute Gasteiger partial charge is 0.333 e. The molecule has 1 radical (unpaired) electrons. The minimum Gasteiger partial charge on any atom is -0.462 e. The number of ether oxygens (including phenoxy) is 1. The average molecular weight is 211 g/mol. The van der Waals surface area contributed by atoms with Gasteiger partial charge in [-0.2, -0.15) is 0 Å². The van der Waals surface area contributed by atoms with Crippen LogP contribution in [-0.4, -0.2) is 31.4 Å². The fraction of sp³-hybridized carbons (Fsp3) is 0.308. The van der Waals surface area contributed by atoms with E-state index in [4.69, 9.17) is 4.74 Å². The van der Waals surface area contributed by atoms with Crippen LogP contribution in [0.25, 0.3) is 0 Å². The zero-order valence-electron chi connectivity index (χ0n) is 10.0. The van der Waals surface area contributed by atoms with Gasteiger partial charge in [0.1, 0.15) is 0 Å². The molecule has 0 aliphatic rings. The molecule has 3 heteroatoms. The third kappa shape index (κ3) is 5.80. The quantitative estimate of drug-likeness (QED) is 0.323. The third-order valence-electron chi connectivity index (χ3n) is 2.03. The summed E-state index contributed by atoms with van der Waals surface area (Å²) < 4.78 is 4.99. The van der Waals surface area contributed by atoms with Crippen molar-refractivity contribution in [2.45, 2.75) is 19.8 Å². The van der Waals surface area contributed by atoms with Crippen molar-refractivity contribution >= 4 is 24.8 Å². The predicted molar refractivity (Wildman–Crippen MR) is 66.3 cm³/mol. The van der Waals surface area contributed by atoms with E-state index in [1.165, 1.54) is 5.56 Å². The first kappa shape index (κ1) is 15.0. The number of rotatable bonds is 5. The van der Waals surface area contributed by atoms with Gasteiger partial charge in [0.05, 0.1) is 6.61 Å². The van der Waals surface area contributed by atoms with E-state index in [0.717, 1.165) is 12.8 Å². The Morgan fingerprint density at radius 2 is 1.94 bits per heavy atom. The molecule has 1 rings (SSSR count). The van der Waals surface area contributed by atoms with E-state index in [-0.39, 0.29) is 24.8 Å². The zero-order valence-corrected chi connectivity index (χ0v) is 10.0. The Hall–Kier alpha value is -0.973. The van der Waals surface area contributed by atoms with Crippen molar-refractivity contribution in [3.05, 3.63) is 48.0 Å². The molecule has 0 heterocycles. The van der Waals surface area contributed by atoms with Crippen molar-refractivity contribution in [1.29, 1.82) is 0 Å². The first-order valence-electron chi connectivity index (χ1n) is 5.06. The van der Waals surface area contributed by atoms with Crippen LogP contribution in [0, 0.1) is 0 Å². The first-order valence-corrected chi connectivity index (χ1v) is 5.06. The number of hydrogen-bond acceptors (Lipinski definition) is 2. The van der Waals surface area contributed by atoms with Gasteiger partial charge in [-0.15, -0.1) is 0 Å². The molecule has 2 nitrogen and oxygen atoms in total. The summed E-state index contributed by atoms with van der Waals surface area (Å²) in [6.45, 7) is 5.63. The molecule has 0 aromatic heterocycles. The minimum atomic E-state index is -0.303. The molecule has 0 saturated carbocycles. The van der Waals surface area contributed by atoms with Gasteiger partial charge in [0, 0.05) is 24.4 Å². The van der Waals surface area contributed by atoms with Crippen LogP contribution in [0.2, 0.25) is 0 Å². The molecule has 16 heavy (non-hydrogen) atoms. The maximum atomic E-state index is 11.0. The number of aryl methyl sites for hydroxylation is 1. The Morgan fingerprint density at radius 1 is 1.31 bits per heavy atom. The molecule has 0 aliphatic heterocycles. The monoisotopic (exact) mass is 211 g/mol. The summed E-state index contributed by atoms with van der Waals surface area (Å²) in [4.78, 5) is 11.0. The fourth-order valence-corrected chi connectivity index (χ4v) is 1.21. The number of esters is 1. The van der Waals surface area contributed by atoms with Gasteiger partial charge in [0.25, 0.3) is 0 Å². The molecule has 0 spiro atoms. The number of hydrogen-bond donors (Lipinski definition) is 0. The van der Waals surface area contributed by atoms with E-state index in [2.05, 4.69) is 18.7 Å². The van der Waals surface area contributed by atoms with Gasteiger partial charge in [-0.1, -0.05) is 36.9 Å². The maximum Gasteiger partial charge on any atom is 0.333 e. The molecular weight excluding hydrogens is 195 g/mol. The van der Waals surface area contributed by atoms with Crippen LogP contribution < -0.4 is 0 Å². The van der Waals surface area contributed by atoms with Crippen molar-refractivity contribution < 1.29 is 9.53 Å². The van der Waals surface area contributed by atoms with E-state index in [9.17, 15) is 4.79 Å². The van der Waals surface area contributed by atoms with Crippen molar-refractivity contribution in [3.63, 3.8) is 0 Å². The Balaban J connectivity index is 0.00000225. The molecule has 0 fully saturated rings. The molecule has 0 amide bonds. The molecule has 1 aromatic carbocycles. The average Bonchev–Trinajstić information content (AvgIpc) is 2.25. The first-order chi connectivity index (χ1) is 7.20. The Kier molecular flexibility index (Phi) is 7.71. The van der Waals surface area contributed by atoms with Crippen LogP contribution in [0.1, 0.15) is 18.9 Å². The van der Waals surface area contributed by atoms with Crippen molar-refractivity contribution in [2.75, 3.05) is 6.61 Å². The van der Waals surface area contributed by atoms with E-state index < -0.39 is 0 Å². The molecule has 1 aromatic rings. The van der Waals surface area contributed by atoms with Crippen molar-refractivity contribution in [3.8, 4) is 0 Å². The van der Waals surface area contributed by atoms with Crippen LogP contribution in [0.3, 0.4) is 0 Å². The molecular formula is C13H16LiO2. The summed E-state index contributed by atoms with van der Waals surface area (Å²) in [5, 5.41) is 0. The van der Waals surface area contributed by atoms with E-state index in [1.54, 1.807) is 6.92 Å². The Labute approximate surface area is 109 Å². The molecule has 0 saturated heterocycles. The van der Waals surface area contributed by atoms with E-state index >= 15 is 0 Å². The third-order valence-corrected chi connectivity index (χ3v) is 2.03. The molecule has 0 N–H and O–H groups in total. The standard InChI is InChI=1S/C13H16O2.Li/c1-11(2)13(14)15-10-6-9-12-7-4-3-5-8-12;/h3-5,7-8H,1,6,9-10H2,2H3;. The predicted octanol–water partition coefficient (Wildman–Crippen LogP) is 2.36. The summed E-state index contributed by atoms with van der Waals surface area (Å²) >= 11 is 0. The second-order valence-corrected chi connectivity index (χ2v) is 3.51. The van der Waals surface area contributed by atoms with Crippen LogP contribution in [0.5, 0.6) is 0 Å². The summed E-state index contributed by atoms with van der Waals surface area (Å²) in [6.07, 6.45) is 1.79. The molecule has 0 bridgehead atoms. The van der Waals surface area contributed by atoms with Gasteiger partial charge in [-0.3, -0.25) is 0 Å². The topological polar surface area (TPSA) is 26.3 Å². The summed E-state index contributed by atoms with van der Waals surface area (Å²) in [5.74, 6) is -0.303. The van der Waals surface area contributed by atoms with Crippen LogP contribution in [-0.2, 0) is 16.0 Å². The largest absolute Gasteiger partial charge is 0.462 e. The molecule has 0 atom stereocenters. The number of carbonyl (C=O) groups excluding carboxylic acids is 1. The second-order valence-electron chi connectivity index (χ2n) is 3.51. The van der Waals surface area contributed by atoms with Gasteiger partial charge >= 0.3 is 5.97 Å². The number of carbonyl (C=O) groups is 1. The van der Waals surface area contributed by atoms with Crippen LogP contribution in [0.15, 0.2) is 42.5 Å². The normalized spacial score (nSPS) is 9.06. The summed E-state index contributed by atoms with van der Waals surface area (Å²) in [5.41, 5.74) is 1.72. The van der Waals surface area contributed by atoms with Crippen molar-refractivity contribution in [2.24, 2.45) is 0 Å². The maximum absolute atomic E-state index is 11.0. The Bertz CT molecular complexity index is 333. The fourth-order valence-electron chi connectivity index (χ4n) is 1.21. The zero-order chi connectivity index (χ0) is 11.1. The van der Waals surface area contributed by atoms with Gasteiger partial charge in [-0.05, 0) is 25.3 Å². The molecule has 0 aliphatic carbocycles. The summed E-state index contributed by atoms with van der Waals surface area (Å²) in [7, 11) is 0. The van der Waals surface area contributed by atoms with Crippen LogP contribution >= 0.6 is 0 Å². The van der Waals surface area contributed by atoms with Crippen molar-refractivity contribution in [1.82, 2.24) is 0 Å². The second kappa shape index (κ2) is 8.21. The van der Waals surface area contributed by atoms with E-state index in [1.807, 2.05) is 18.2 Å². The van der Waals surface area contributed by atoms with Gasteiger partial charge < -0.3 is 4.74 Å². The Morgan fingerprint density at radius 3 is 2.50 bits per heavy atom. The minimum absolute atomic E-state index is 0. The van der Waals surface area contributed by atoms with Crippen LogP contribution in [0.4, 0.5) is 0 Å². The SMILES string of the molecule is C=C(C)C(=O)OCCCc1ccccc1.[Li]. The molecule has 0 unspecified atom stereocenters. The van der Waals surface area contributed by atoms with Gasteiger partial charge in [0.15, 0.2) is 0 Å². The number of benzene rings is 1. The van der Waals surface area contributed by atoms with Gasteiger partial charge in [-0.25, -0.2) is 4.79 Å². The summed E-state index contributed by atoms with van der Waals surface area (Å²) in [6, 6.07) is 10.1.